The molecule has 0 aromatic carbocycles. The van der Waals surface area contributed by atoms with Gasteiger partial charge in [-0.2, -0.15) is 4.99 Å². The van der Waals surface area contributed by atoms with E-state index in [2.05, 4.69) is 25.8 Å². The molecule has 0 aliphatic rings. The van der Waals surface area contributed by atoms with Crippen molar-refractivity contribution in [3.05, 3.63) is 6.08 Å². The molecule has 4 nitrogen and oxygen atoms in total. The zero-order chi connectivity index (χ0) is 15.4. The lowest BCUT2D eigenvalue weighted by Crippen LogP contribution is -2.08. The lowest BCUT2D eigenvalue weighted by Gasteiger charge is -2.13. The minimum absolute atomic E-state index is 0.302. The summed E-state index contributed by atoms with van der Waals surface area (Å²) in [6, 6.07) is 0. The fraction of sp³-hybridized carbons (Fsp3) is 0.733. The third-order valence-electron chi connectivity index (χ3n) is 2.87. The average Bonchev–Trinajstić information content (AvgIpc) is 2.37. The molecular weight excluding hydrogens is 274 g/mol. The topological polar surface area (TPSA) is 55.7 Å². The molecule has 0 aliphatic carbocycles. The first-order valence-electron chi connectivity index (χ1n) is 6.99. The van der Waals surface area contributed by atoms with Crippen molar-refractivity contribution in [3.8, 4) is 0 Å². The Labute approximate surface area is 126 Å². The van der Waals surface area contributed by atoms with Crippen molar-refractivity contribution in [1.29, 1.82) is 0 Å². The molecule has 1 unspecified atom stereocenters. The van der Waals surface area contributed by atoms with Gasteiger partial charge in [-0.3, -0.25) is 4.79 Å². The summed E-state index contributed by atoms with van der Waals surface area (Å²) < 4.78 is 5.45. The Morgan fingerprint density at radius 3 is 2.55 bits per heavy atom. The highest BCUT2D eigenvalue weighted by Crippen LogP contribution is 2.15. The van der Waals surface area contributed by atoms with Crippen LogP contribution in [0.2, 0.25) is 0 Å². The number of nitrogens with zero attached hydrogens (tertiary/aromatic N) is 1. The lowest BCUT2D eigenvalue weighted by molar-refractivity contribution is -0.113. The number of hydrogen-bond acceptors (Lipinski definition) is 4. The molecule has 1 amide bonds. The summed E-state index contributed by atoms with van der Waals surface area (Å²) in [5.74, 6) is 2.13. The van der Waals surface area contributed by atoms with Crippen molar-refractivity contribution < 1.29 is 14.3 Å². The molecule has 0 bridgehead atoms. The second kappa shape index (κ2) is 11.7. The van der Waals surface area contributed by atoms with Crippen LogP contribution < -0.4 is 0 Å². The predicted molar refractivity (Wildman–Crippen MR) is 84.6 cm³/mol. The van der Waals surface area contributed by atoms with E-state index in [1.54, 1.807) is 6.26 Å². The zero-order valence-electron chi connectivity index (χ0n) is 12.8. The summed E-state index contributed by atoms with van der Waals surface area (Å²) in [5, 5.41) is 0.302. The lowest BCUT2D eigenvalue weighted by atomic mass is 9.98. The number of amides is 1. The molecule has 5 heteroatoms. The Kier molecular flexibility index (Phi) is 11.1. The predicted octanol–water partition coefficient (Wildman–Crippen LogP) is 3.49. The highest BCUT2D eigenvalue weighted by atomic mass is 32.2. The van der Waals surface area contributed by atoms with E-state index in [9.17, 15) is 9.59 Å². The van der Waals surface area contributed by atoms with E-state index in [0.717, 1.165) is 18.4 Å². The number of aliphatic imine (C=N–C) groups is 1. The largest absolute Gasteiger partial charge is 0.473 e. The second-order valence-corrected chi connectivity index (χ2v) is 6.01. The molecule has 0 rings (SSSR count). The van der Waals surface area contributed by atoms with Crippen molar-refractivity contribution in [1.82, 2.24) is 0 Å². The van der Waals surface area contributed by atoms with Gasteiger partial charge in [-0.15, -0.1) is 0 Å². The SMILES string of the molecule is CSC(=NC(=O)C=C=O)OCCC(C)CCCC(C)C. The summed E-state index contributed by atoms with van der Waals surface area (Å²) in [4.78, 5) is 24.8. The summed E-state index contributed by atoms with van der Waals surface area (Å²) in [6.07, 6.45) is 7.17. The van der Waals surface area contributed by atoms with Gasteiger partial charge in [0.1, 0.15) is 5.94 Å². The molecule has 0 saturated carbocycles. The number of rotatable bonds is 8. The van der Waals surface area contributed by atoms with Crippen LogP contribution in [0.4, 0.5) is 0 Å². The van der Waals surface area contributed by atoms with Gasteiger partial charge in [0.05, 0.1) is 12.7 Å². The Balaban J connectivity index is 3.95. The Morgan fingerprint density at radius 2 is 2.00 bits per heavy atom. The third-order valence-corrected chi connectivity index (χ3v) is 3.43. The van der Waals surface area contributed by atoms with Gasteiger partial charge < -0.3 is 4.74 Å². The quantitative estimate of drug-likeness (QED) is 0.298. The zero-order valence-corrected chi connectivity index (χ0v) is 13.7. The molecule has 0 aromatic rings. The molecule has 0 saturated heterocycles. The third kappa shape index (κ3) is 10.8. The molecule has 1 atom stereocenters. The Bertz CT molecular complexity index is 360. The van der Waals surface area contributed by atoms with Crippen molar-refractivity contribution in [2.75, 3.05) is 12.9 Å². The van der Waals surface area contributed by atoms with Crippen LogP contribution in [0.3, 0.4) is 0 Å². The van der Waals surface area contributed by atoms with Gasteiger partial charge in [0.25, 0.3) is 11.1 Å². The molecule has 0 aromatic heterocycles. The highest BCUT2D eigenvalue weighted by Gasteiger charge is 2.06. The summed E-state index contributed by atoms with van der Waals surface area (Å²) in [6.45, 7) is 7.22. The van der Waals surface area contributed by atoms with Crippen LogP contribution in [0.5, 0.6) is 0 Å². The van der Waals surface area contributed by atoms with Crippen molar-refractivity contribution in [3.63, 3.8) is 0 Å². The summed E-state index contributed by atoms with van der Waals surface area (Å²) in [7, 11) is 0. The van der Waals surface area contributed by atoms with Crippen LogP contribution in [-0.4, -0.2) is 29.9 Å². The number of hydrogen-bond donors (Lipinski definition) is 0. The van der Waals surface area contributed by atoms with Gasteiger partial charge in [0, 0.05) is 0 Å². The molecule has 0 heterocycles. The van der Waals surface area contributed by atoms with E-state index < -0.39 is 5.91 Å². The van der Waals surface area contributed by atoms with Crippen molar-refractivity contribution in [2.45, 2.75) is 46.5 Å². The summed E-state index contributed by atoms with van der Waals surface area (Å²) in [5.41, 5.74) is 0. The highest BCUT2D eigenvalue weighted by molar-refractivity contribution is 8.13. The van der Waals surface area contributed by atoms with Gasteiger partial charge in [-0.05, 0) is 24.5 Å². The van der Waals surface area contributed by atoms with E-state index in [0.29, 0.717) is 17.8 Å². The van der Waals surface area contributed by atoms with Gasteiger partial charge >= 0.3 is 0 Å². The minimum Gasteiger partial charge on any atom is -0.473 e. The maximum absolute atomic E-state index is 11.1. The number of carbonyl (C=O) groups excluding carboxylic acids is 2. The van der Waals surface area contributed by atoms with Gasteiger partial charge in [-0.25, -0.2) is 4.79 Å². The molecule has 0 fully saturated rings. The van der Waals surface area contributed by atoms with Crippen LogP contribution in [-0.2, 0) is 14.3 Å². The second-order valence-electron chi connectivity index (χ2n) is 5.25. The molecule has 0 radical (unpaired) electrons. The minimum atomic E-state index is -0.630. The number of ether oxygens (including phenoxy) is 1. The maximum atomic E-state index is 11.1. The molecule has 114 valence electrons. The van der Waals surface area contributed by atoms with Crippen LogP contribution in [0.1, 0.15) is 46.5 Å². The fourth-order valence-corrected chi connectivity index (χ4v) is 2.06. The molecular formula is C15H25NO3S. The standard InChI is InChI=1S/C15H25NO3S/c1-12(2)6-5-7-13(3)9-11-19-15(20-4)16-14(18)8-10-17/h8,12-13H,5-7,9,11H2,1-4H3. The van der Waals surface area contributed by atoms with Crippen LogP contribution >= 0.6 is 11.8 Å². The Morgan fingerprint density at radius 1 is 1.30 bits per heavy atom. The monoisotopic (exact) mass is 299 g/mol. The Hall–Kier alpha value is -1.06. The van der Waals surface area contributed by atoms with E-state index in [4.69, 9.17) is 4.74 Å². The number of carbonyl (C=O) groups is 1. The first kappa shape index (κ1) is 18.9. The van der Waals surface area contributed by atoms with Gasteiger partial charge in [-0.1, -0.05) is 51.8 Å². The molecule has 0 aliphatic heterocycles. The molecule has 20 heavy (non-hydrogen) atoms. The van der Waals surface area contributed by atoms with Crippen molar-refractivity contribution in [2.24, 2.45) is 16.8 Å². The van der Waals surface area contributed by atoms with Crippen molar-refractivity contribution >= 4 is 28.8 Å². The normalized spacial score (nSPS) is 12.9. The van der Waals surface area contributed by atoms with Crippen LogP contribution in [0.25, 0.3) is 0 Å². The molecule has 0 N–H and O–H groups in total. The first-order chi connectivity index (χ1) is 9.49. The number of thioether (sulfide) groups is 1. The van der Waals surface area contributed by atoms with E-state index in [1.165, 1.54) is 37.0 Å². The maximum Gasteiger partial charge on any atom is 0.284 e. The smallest absolute Gasteiger partial charge is 0.284 e. The first-order valence-corrected chi connectivity index (χ1v) is 8.22. The average molecular weight is 299 g/mol. The van der Waals surface area contributed by atoms with Crippen LogP contribution in [0.15, 0.2) is 11.1 Å². The van der Waals surface area contributed by atoms with Gasteiger partial charge in [0.2, 0.25) is 0 Å². The summed E-state index contributed by atoms with van der Waals surface area (Å²) >= 11 is 1.25. The van der Waals surface area contributed by atoms with Gasteiger partial charge in [0.15, 0.2) is 0 Å². The molecule has 0 spiro atoms. The van der Waals surface area contributed by atoms with E-state index in [-0.39, 0.29) is 0 Å². The van der Waals surface area contributed by atoms with Crippen LogP contribution in [0, 0.1) is 11.8 Å². The van der Waals surface area contributed by atoms with E-state index in [1.807, 2.05) is 0 Å². The fourth-order valence-electron chi connectivity index (χ4n) is 1.68. The van der Waals surface area contributed by atoms with E-state index >= 15 is 0 Å².